The summed E-state index contributed by atoms with van der Waals surface area (Å²) >= 11 is 0. The molecule has 2 saturated heterocycles. The van der Waals surface area contributed by atoms with Crippen LogP contribution in [0.2, 0.25) is 0 Å². The van der Waals surface area contributed by atoms with E-state index < -0.39 is 6.10 Å². The van der Waals surface area contributed by atoms with E-state index in [-0.39, 0.29) is 31.2 Å². The molecule has 2 aliphatic rings. The van der Waals surface area contributed by atoms with E-state index in [0.717, 1.165) is 45.0 Å². The Kier molecular flexibility index (Phi) is 7.88. The second-order valence-electron chi connectivity index (χ2n) is 7.02. The summed E-state index contributed by atoms with van der Waals surface area (Å²) in [5.74, 6) is 0.957. The number of guanidine groups is 1. The third-order valence-corrected chi connectivity index (χ3v) is 4.82. The fraction of sp³-hybridized carbons (Fsp3) is 0.650. The van der Waals surface area contributed by atoms with Crippen LogP contribution in [0.15, 0.2) is 29.3 Å². The van der Waals surface area contributed by atoms with Gasteiger partial charge < -0.3 is 29.5 Å². The van der Waals surface area contributed by atoms with E-state index in [1.54, 1.807) is 0 Å². The van der Waals surface area contributed by atoms with Crippen LogP contribution < -0.4 is 10.1 Å². The number of nitrogens with zero attached hydrogens (tertiary/aromatic N) is 2. The zero-order valence-electron chi connectivity index (χ0n) is 16.3. The van der Waals surface area contributed by atoms with Gasteiger partial charge in [0, 0.05) is 26.2 Å². The fourth-order valence-corrected chi connectivity index (χ4v) is 3.38. The summed E-state index contributed by atoms with van der Waals surface area (Å²) in [4.78, 5) is 6.73. The lowest BCUT2D eigenvalue weighted by molar-refractivity contribution is -0.0817. The Balaban J connectivity index is 1.51. The molecule has 2 N–H and O–H groups in total. The summed E-state index contributed by atoms with van der Waals surface area (Å²) in [5, 5.41) is 13.5. The summed E-state index contributed by atoms with van der Waals surface area (Å²) in [6.07, 6.45) is 1.56. The first-order valence-electron chi connectivity index (χ1n) is 9.98. The standard InChI is InChI=1S/C20H30FN3O4/c1-2-22-20(24-9-11-27-19(13-24)18-4-3-10-26-18)23-12-16(25)14-28-17-7-5-15(21)6-8-17/h5-8,16,18-19,25H,2-4,9-14H2,1H3,(H,22,23). The molecule has 7 nitrogen and oxygen atoms in total. The molecule has 2 fully saturated rings. The average molecular weight is 395 g/mol. The van der Waals surface area contributed by atoms with Crippen molar-refractivity contribution in [1.29, 1.82) is 0 Å². The van der Waals surface area contributed by atoms with Crippen LogP contribution in [0.1, 0.15) is 19.8 Å². The van der Waals surface area contributed by atoms with Gasteiger partial charge >= 0.3 is 0 Å². The molecule has 3 unspecified atom stereocenters. The Hall–Kier alpha value is -1.90. The van der Waals surface area contributed by atoms with Crippen LogP contribution in [0.25, 0.3) is 0 Å². The summed E-state index contributed by atoms with van der Waals surface area (Å²) < 4.78 is 30.1. The van der Waals surface area contributed by atoms with Gasteiger partial charge in [-0.25, -0.2) is 4.39 Å². The van der Waals surface area contributed by atoms with E-state index in [4.69, 9.17) is 14.2 Å². The Morgan fingerprint density at radius 2 is 2.11 bits per heavy atom. The molecule has 8 heteroatoms. The van der Waals surface area contributed by atoms with Crippen LogP contribution in [0.5, 0.6) is 5.75 Å². The monoisotopic (exact) mass is 395 g/mol. The number of rotatable bonds is 7. The molecular formula is C20H30FN3O4. The van der Waals surface area contributed by atoms with Crippen LogP contribution in [-0.4, -0.2) is 80.3 Å². The molecule has 3 atom stereocenters. The minimum atomic E-state index is -0.756. The van der Waals surface area contributed by atoms with E-state index in [0.29, 0.717) is 12.4 Å². The van der Waals surface area contributed by atoms with Gasteiger partial charge in [-0.2, -0.15) is 0 Å². The SMILES string of the molecule is CCNC(=NCC(O)COc1ccc(F)cc1)N1CCOC(C2CCCO2)C1. The van der Waals surface area contributed by atoms with Crippen LogP contribution in [0, 0.1) is 5.82 Å². The first-order valence-corrected chi connectivity index (χ1v) is 9.98. The third-order valence-electron chi connectivity index (χ3n) is 4.82. The molecule has 28 heavy (non-hydrogen) atoms. The minimum absolute atomic E-state index is 0.0480. The van der Waals surface area contributed by atoms with Gasteiger partial charge in [0.2, 0.25) is 0 Å². The van der Waals surface area contributed by atoms with Crippen molar-refractivity contribution in [2.24, 2.45) is 4.99 Å². The number of aliphatic hydroxyl groups is 1. The molecule has 0 saturated carbocycles. The highest BCUT2D eigenvalue weighted by Gasteiger charge is 2.32. The molecule has 2 aliphatic heterocycles. The van der Waals surface area contributed by atoms with Crippen molar-refractivity contribution in [2.75, 3.05) is 46.0 Å². The third kappa shape index (κ3) is 6.05. The summed E-state index contributed by atoms with van der Waals surface area (Å²) in [5.41, 5.74) is 0. The number of aliphatic imine (C=N–C) groups is 1. The smallest absolute Gasteiger partial charge is 0.194 e. The molecule has 1 aromatic rings. The van der Waals surface area contributed by atoms with Crippen LogP contribution in [-0.2, 0) is 9.47 Å². The van der Waals surface area contributed by atoms with Crippen molar-refractivity contribution in [1.82, 2.24) is 10.2 Å². The van der Waals surface area contributed by atoms with Crippen molar-refractivity contribution in [3.8, 4) is 5.75 Å². The van der Waals surface area contributed by atoms with Crippen LogP contribution in [0.3, 0.4) is 0 Å². The molecule has 0 aliphatic carbocycles. The zero-order valence-corrected chi connectivity index (χ0v) is 16.3. The van der Waals surface area contributed by atoms with E-state index >= 15 is 0 Å². The zero-order chi connectivity index (χ0) is 19.8. The molecule has 2 heterocycles. The maximum Gasteiger partial charge on any atom is 0.194 e. The number of benzene rings is 1. The molecular weight excluding hydrogens is 365 g/mol. The van der Waals surface area contributed by atoms with E-state index in [1.165, 1.54) is 24.3 Å². The van der Waals surface area contributed by atoms with Gasteiger partial charge in [0.15, 0.2) is 5.96 Å². The van der Waals surface area contributed by atoms with Crippen LogP contribution in [0.4, 0.5) is 4.39 Å². The molecule has 0 spiro atoms. The molecule has 156 valence electrons. The minimum Gasteiger partial charge on any atom is -0.491 e. The van der Waals surface area contributed by atoms with Crippen molar-refractivity contribution in [3.05, 3.63) is 30.1 Å². The molecule has 0 radical (unpaired) electrons. The van der Waals surface area contributed by atoms with Crippen molar-refractivity contribution < 1.29 is 23.7 Å². The van der Waals surface area contributed by atoms with Gasteiger partial charge in [-0.3, -0.25) is 4.99 Å². The molecule has 1 aromatic carbocycles. The predicted octanol–water partition coefficient (Wildman–Crippen LogP) is 1.41. The average Bonchev–Trinajstić information content (AvgIpc) is 3.26. The lowest BCUT2D eigenvalue weighted by atomic mass is 10.1. The predicted molar refractivity (Wildman–Crippen MR) is 104 cm³/mol. The molecule has 0 aromatic heterocycles. The highest BCUT2D eigenvalue weighted by Crippen LogP contribution is 2.21. The number of ether oxygens (including phenoxy) is 3. The van der Waals surface area contributed by atoms with Crippen LogP contribution >= 0.6 is 0 Å². The van der Waals surface area contributed by atoms with Gasteiger partial charge in [0.25, 0.3) is 0 Å². The van der Waals surface area contributed by atoms with Gasteiger partial charge in [0.1, 0.15) is 30.4 Å². The van der Waals surface area contributed by atoms with Gasteiger partial charge in [-0.1, -0.05) is 0 Å². The summed E-state index contributed by atoms with van der Waals surface area (Å²) in [6.45, 7) is 5.96. The first kappa shape index (κ1) is 20.8. The van der Waals surface area contributed by atoms with E-state index in [1.807, 2.05) is 6.92 Å². The van der Waals surface area contributed by atoms with Gasteiger partial charge in [0.05, 0.1) is 19.3 Å². The highest BCUT2D eigenvalue weighted by atomic mass is 19.1. The van der Waals surface area contributed by atoms with Gasteiger partial charge in [-0.15, -0.1) is 0 Å². The van der Waals surface area contributed by atoms with Crippen molar-refractivity contribution in [3.63, 3.8) is 0 Å². The Bertz CT molecular complexity index is 622. The number of halogens is 1. The highest BCUT2D eigenvalue weighted by molar-refractivity contribution is 5.80. The second kappa shape index (κ2) is 10.6. The summed E-state index contributed by atoms with van der Waals surface area (Å²) in [6, 6.07) is 5.72. The quantitative estimate of drug-likeness (QED) is 0.537. The van der Waals surface area contributed by atoms with Gasteiger partial charge in [-0.05, 0) is 44.0 Å². The number of hydrogen-bond donors (Lipinski definition) is 2. The number of aliphatic hydroxyl groups excluding tert-OH is 1. The van der Waals surface area contributed by atoms with Crippen molar-refractivity contribution >= 4 is 5.96 Å². The van der Waals surface area contributed by atoms with Crippen molar-refractivity contribution in [2.45, 2.75) is 38.1 Å². The Morgan fingerprint density at radius 3 is 2.82 bits per heavy atom. The largest absolute Gasteiger partial charge is 0.491 e. The second-order valence-corrected chi connectivity index (χ2v) is 7.02. The first-order chi connectivity index (χ1) is 13.7. The van der Waals surface area contributed by atoms with E-state index in [9.17, 15) is 9.50 Å². The lowest BCUT2D eigenvalue weighted by Crippen LogP contribution is -2.53. The molecule has 0 bridgehead atoms. The topological polar surface area (TPSA) is 75.6 Å². The Labute approximate surface area is 165 Å². The van der Waals surface area contributed by atoms with E-state index in [2.05, 4.69) is 15.2 Å². The number of nitrogens with one attached hydrogen (secondary N) is 1. The normalized spacial score (nSPS) is 24.2. The lowest BCUT2D eigenvalue weighted by Gasteiger charge is -2.37. The molecule has 3 rings (SSSR count). The summed E-state index contributed by atoms with van der Waals surface area (Å²) in [7, 11) is 0. The molecule has 0 amide bonds. The fourth-order valence-electron chi connectivity index (χ4n) is 3.38. The Morgan fingerprint density at radius 1 is 1.32 bits per heavy atom. The maximum atomic E-state index is 12.9. The number of morpholine rings is 1. The maximum absolute atomic E-state index is 12.9. The number of hydrogen-bond acceptors (Lipinski definition) is 5.